The van der Waals surface area contributed by atoms with Crippen LogP contribution < -0.4 is 4.72 Å². The molecule has 124 valence electrons. The van der Waals surface area contributed by atoms with Crippen molar-refractivity contribution in [1.82, 2.24) is 9.29 Å². The average molecular weight is 317 g/mol. The highest BCUT2D eigenvalue weighted by atomic mass is 32.2. The fraction of sp³-hybridized carbons (Fsp3) is 0.647. The zero-order chi connectivity index (χ0) is 15.4. The van der Waals surface area contributed by atoms with Gasteiger partial charge >= 0.3 is 0 Å². The number of hydrogen-bond donors (Lipinski definition) is 1. The Morgan fingerprint density at radius 2 is 1.71 bits per heavy atom. The summed E-state index contributed by atoms with van der Waals surface area (Å²) in [7, 11) is 3.55. The second-order valence-corrected chi connectivity index (χ2v) is 5.84. The molecule has 2 nitrogen and oxygen atoms in total. The topological polar surface area (TPSA) is 17.0 Å². The van der Waals surface area contributed by atoms with E-state index in [1.54, 1.807) is 24.9 Å². The number of halogens is 1. The van der Waals surface area contributed by atoms with Crippen LogP contribution in [-0.4, -0.2) is 11.6 Å². The van der Waals surface area contributed by atoms with Crippen molar-refractivity contribution in [1.29, 1.82) is 0 Å². The van der Waals surface area contributed by atoms with Crippen LogP contribution in [0.3, 0.4) is 0 Å². The zero-order valence-electron chi connectivity index (χ0n) is 13.3. The molecular formula is C17H33FN2S. The number of aromatic nitrogens is 1. The van der Waals surface area contributed by atoms with Gasteiger partial charge < -0.3 is 4.57 Å². The summed E-state index contributed by atoms with van der Waals surface area (Å²) in [6.45, 7) is 7.79. The SMILES string of the molecule is C.C1CCCC1.C=Cc1c(F)c(SNC)cn1C.CCC. The maximum atomic E-state index is 13.3. The summed E-state index contributed by atoms with van der Waals surface area (Å²) in [6, 6.07) is 0. The lowest BCUT2D eigenvalue weighted by Gasteiger charge is -1.93. The first-order chi connectivity index (χ1) is 9.62. The lowest BCUT2D eigenvalue weighted by molar-refractivity contribution is 0.600. The molecule has 1 heterocycles. The van der Waals surface area contributed by atoms with Gasteiger partial charge in [-0.3, -0.25) is 4.72 Å². The normalized spacial score (nSPS) is 12.4. The van der Waals surface area contributed by atoms with Crippen molar-refractivity contribution in [3.05, 3.63) is 24.3 Å². The van der Waals surface area contributed by atoms with Crippen molar-refractivity contribution >= 4 is 18.0 Å². The monoisotopic (exact) mass is 316 g/mol. The molecule has 0 atom stereocenters. The molecule has 1 fully saturated rings. The Kier molecular flexibility index (Phi) is 15.2. The Hall–Kier alpha value is -0.740. The van der Waals surface area contributed by atoms with E-state index in [9.17, 15) is 4.39 Å². The van der Waals surface area contributed by atoms with Gasteiger partial charge in [0.2, 0.25) is 0 Å². The van der Waals surface area contributed by atoms with Gasteiger partial charge in [-0.1, -0.05) is 66.4 Å². The predicted octanol–water partition coefficient (Wildman–Crippen LogP) is 6.04. The molecule has 0 bridgehead atoms. The lowest BCUT2D eigenvalue weighted by atomic mass is 10.4. The van der Waals surface area contributed by atoms with E-state index in [-0.39, 0.29) is 13.2 Å². The second-order valence-electron chi connectivity index (χ2n) is 4.79. The van der Waals surface area contributed by atoms with Crippen molar-refractivity contribution < 1.29 is 4.39 Å². The molecule has 1 N–H and O–H groups in total. The molecule has 2 rings (SSSR count). The van der Waals surface area contributed by atoms with Crippen molar-refractivity contribution in [2.45, 2.75) is 64.7 Å². The van der Waals surface area contributed by atoms with Crippen LogP contribution >= 0.6 is 11.9 Å². The quantitative estimate of drug-likeness (QED) is 0.685. The molecule has 1 aromatic rings. The summed E-state index contributed by atoms with van der Waals surface area (Å²) in [5.41, 5.74) is 0.521. The number of nitrogens with one attached hydrogen (secondary N) is 1. The van der Waals surface area contributed by atoms with Crippen LogP contribution in [0.15, 0.2) is 17.7 Å². The molecule has 0 aliphatic heterocycles. The summed E-state index contributed by atoms with van der Waals surface area (Å²) < 4.78 is 17.9. The summed E-state index contributed by atoms with van der Waals surface area (Å²) in [5, 5.41) is 0. The van der Waals surface area contributed by atoms with Gasteiger partial charge in [-0.25, -0.2) is 4.39 Å². The van der Waals surface area contributed by atoms with E-state index in [0.29, 0.717) is 10.6 Å². The van der Waals surface area contributed by atoms with Crippen LogP contribution in [0.2, 0.25) is 0 Å². The van der Waals surface area contributed by atoms with Crippen molar-refractivity contribution in [2.75, 3.05) is 7.05 Å². The Balaban J connectivity index is 0. The maximum absolute atomic E-state index is 13.3. The van der Waals surface area contributed by atoms with Gasteiger partial charge in [-0.2, -0.15) is 0 Å². The maximum Gasteiger partial charge on any atom is 0.163 e. The molecule has 1 aromatic heterocycles. The van der Waals surface area contributed by atoms with E-state index >= 15 is 0 Å². The van der Waals surface area contributed by atoms with Gasteiger partial charge in [-0.15, -0.1) is 0 Å². The molecule has 21 heavy (non-hydrogen) atoms. The zero-order valence-corrected chi connectivity index (χ0v) is 14.2. The molecule has 0 aromatic carbocycles. The third-order valence-corrected chi connectivity index (χ3v) is 3.50. The molecule has 0 amide bonds. The van der Waals surface area contributed by atoms with Crippen LogP contribution in [0.1, 0.15) is 65.5 Å². The number of nitrogens with zero attached hydrogens (tertiary/aromatic N) is 1. The van der Waals surface area contributed by atoms with Crippen LogP contribution in [0.5, 0.6) is 0 Å². The molecule has 0 saturated heterocycles. The Bertz CT molecular complexity index is 364. The largest absolute Gasteiger partial charge is 0.347 e. The first-order valence-corrected chi connectivity index (χ1v) is 8.24. The molecule has 0 unspecified atom stereocenters. The Labute approximate surface area is 135 Å². The summed E-state index contributed by atoms with van der Waals surface area (Å²) in [6.07, 6.45) is 12.0. The predicted molar refractivity (Wildman–Crippen MR) is 96.2 cm³/mol. The third-order valence-electron chi connectivity index (χ3n) is 2.79. The number of hydrogen-bond acceptors (Lipinski definition) is 2. The van der Waals surface area contributed by atoms with E-state index in [4.69, 9.17) is 0 Å². The van der Waals surface area contributed by atoms with Crippen LogP contribution in [-0.2, 0) is 7.05 Å². The molecule has 0 spiro atoms. The summed E-state index contributed by atoms with van der Waals surface area (Å²) >= 11 is 1.26. The fourth-order valence-corrected chi connectivity index (χ4v) is 2.51. The first kappa shape index (κ1) is 22.5. The third kappa shape index (κ3) is 8.99. The molecule has 1 saturated carbocycles. The van der Waals surface area contributed by atoms with Gasteiger partial charge in [-0.05, 0) is 25.1 Å². The van der Waals surface area contributed by atoms with Crippen molar-refractivity contribution in [2.24, 2.45) is 7.05 Å². The smallest absolute Gasteiger partial charge is 0.163 e. The lowest BCUT2D eigenvalue weighted by Crippen LogP contribution is -1.90. The van der Waals surface area contributed by atoms with Crippen LogP contribution in [0.25, 0.3) is 6.08 Å². The van der Waals surface area contributed by atoms with E-state index < -0.39 is 0 Å². The van der Waals surface area contributed by atoms with Gasteiger partial charge in [0.25, 0.3) is 0 Å². The fourth-order valence-electron chi connectivity index (χ4n) is 1.88. The first-order valence-electron chi connectivity index (χ1n) is 7.43. The standard InChI is InChI=1S/C8H11FN2S.C5H10.C3H8.CH4/c1-4-6-8(9)7(12-10-2)5-11(6)3;1-2-4-5-3-1;1-3-2;/h4-5,10H,1H2,2-3H3;1-5H2;3H2,1-2H3;1H4. The average Bonchev–Trinajstić information content (AvgIpc) is 3.05. The number of aryl methyl sites for hydroxylation is 1. The Morgan fingerprint density at radius 1 is 1.29 bits per heavy atom. The minimum atomic E-state index is -0.216. The minimum Gasteiger partial charge on any atom is -0.347 e. The second kappa shape index (κ2) is 14.2. The molecule has 4 heteroatoms. The highest BCUT2D eigenvalue weighted by Gasteiger charge is 2.10. The van der Waals surface area contributed by atoms with Gasteiger partial charge in [0, 0.05) is 13.2 Å². The summed E-state index contributed by atoms with van der Waals surface area (Å²) in [4.78, 5) is 0.593. The highest BCUT2D eigenvalue weighted by Crippen LogP contribution is 2.23. The van der Waals surface area contributed by atoms with Crippen molar-refractivity contribution in [3.8, 4) is 0 Å². The Morgan fingerprint density at radius 3 is 2.00 bits per heavy atom. The van der Waals surface area contributed by atoms with Crippen LogP contribution in [0, 0.1) is 5.82 Å². The van der Waals surface area contributed by atoms with Gasteiger partial charge in [0.05, 0.1) is 10.6 Å². The van der Waals surface area contributed by atoms with Gasteiger partial charge in [0.1, 0.15) is 0 Å². The van der Waals surface area contributed by atoms with Gasteiger partial charge in [0.15, 0.2) is 5.82 Å². The summed E-state index contributed by atoms with van der Waals surface area (Å²) in [5.74, 6) is -0.216. The number of rotatable bonds is 3. The molecule has 1 aliphatic carbocycles. The van der Waals surface area contributed by atoms with E-state index in [1.807, 2.05) is 0 Å². The molecular weight excluding hydrogens is 283 g/mol. The minimum absolute atomic E-state index is 0. The van der Waals surface area contributed by atoms with Crippen LogP contribution in [0.4, 0.5) is 4.39 Å². The highest BCUT2D eigenvalue weighted by molar-refractivity contribution is 7.97. The van der Waals surface area contributed by atoms with E-state index in [0.717, 1.165) is 0 Å². The van der Waals surface area contributed by atoms with Crippen molar-refractivity contribution in [3.63, 3.8) is 0 Å². The van der Waals surface area contributed by atoms with E-state index in [1.165, 1.54) is 56.5 Å². The van der Waals surface area contributed by atoms with E-state index in [2.05, 4.69) is 25.1 Å². The molecule has 0 radical (unpaired) electrons. The molecule has 1 aliphatic rings.